The molecule has 1 aliphatic carbocycles. The standard InChI is InChI=1S/C30H27N3O3/c34-29(36-18-25-23-9-3-1-7-21(23)22-8-2-4-10-24(22)25)33-19-13-14-20(33)16-30(35,15-19)28-17-31-26-11-5-6-12-27(26)32-28/h1-12,17,19-20,25,35H,13-16,18H2. The SMILES string of the molecule is O=C(OCC1c2ccccc2-c2ccccc21)N1C2CCC1CC(O)(c1cnc3ccccc3n1)C2. The average Bonchev–Trinajstić information content (AvgIpc) is 3.39. The molecule has 6 heteroatoms. The van der Waals surface area contributed by atoms with E-state index in [4.69, 9.17) is 9.72 Å². The molecule has 1 amide bonds. The Morgan fingerprint density at radius 2 is 1.47 bits per heavy atom. The quantitative estimate of drug-likeness (QED) is 0.428. The van der Waals surface area contributed by atoms with E-state index in [0.717, 1.165) is 23.9 Å². The van der Waals surface area contributed by atoms with Crippen molar-refractivity contribution >= 4 is 17.1 Å². The molecule has 2 saturated heterocycles. The second-order valence-electron chi connectivity index (χ2n) is 10.3. The lowest BCUT2D eigenvalue weighted by Gasteiger charge is -2.42. The van der Waals surface area contributed by atoms with Crippen LogP contribution in [0.3, 0.4) is 0 Å². The van der Waals surface area contributed by atoms with Gasteiger partial charge in [0.1, 0.15) is 12.2 Å². The highest BCUT2D eigenvalue weighted by atomic mass is 16.6. The number of aliphatic hydroxyl groups is 1. The third-order valence-corrected chi connectivity index (χ3v) is 8.24. The summed E-state index contributed by atoms with van der Waals surface area (Å²) in [6.45, 7) is 0.309. The smallest absolute Gasteiger partial charge is 0.410 e. The molecule has 3 aromatic carbocycles. The lowest BCUT2D eigenvalue weighted by molar-refractivity contribution is -0.0559. The number of para-hydroxylation sites is 2. The van der Waals surface area contributed by atoms with Crippen LogP contribution in [-0.2, 0) is 10.3 Å². The van der Waals surface area contributed by atoms with E-state index in [2.05, 4.69) is 41.4 Å². The van der Waals surface area contributed by atoms with Gasteiger partial charge in [0.25, 0.3) is 0 Å². The molecule has 7 rings (SSSR count). The van der Waals surface area contributed by atoms with Gasteiger partial charge < -0.3 is 14.7 Å². The Morgan fingerprint density at radius 3 is 2.14 bits per heavy atom. The minimum Gasteiger partial charge on any atom is -0.448 e. The van der Waals surface area contributed by atoms with E-state index in [1.54, 1.807) is 6.20 Å². The summed E-state index contributed by atoms with van der Waals surface area (Å²) in [5, 5.41) is 11.6. The van der Waals surface area contributed by atoms with Crippen LogP contribution in [0.5, 0.6) is 0 Å². The molecule has 36 heavy (non-hydrogen) atoms. The van der Waals surface area contributed by atoms with Gasteiger partial charge in [-0.1, -0.05) is 60.7 Å². The highest BCUT2D eigenvalue weighted by Gasteiger charge is 2.51. The number of aromatic nitrogens is 2. The van der Waals surface area contributed by atoms with Gasteiger partial charge in [0, 0.05) is 30.8 Å². The number of hydrogen-bond acceptors (Lipinski definition) is 5. The highest BCUT2D eigenvalue weighted by molar-refractivity contribution is 5.79. The van der Waals surface area contributed by atoms with Gasteiger partial charge in [0.2, 0.25) is 0 Å². The number of hydrogen-bond donors (Lipinski definition) is 1. The van der Waals surface area contributed by atoms with Crippen molar-refractivity contribution < 1.29 is 14.6 Å². The fourth-order valence-electron chi connectivity index (χ4n) is 6.58. The molecule has 4 aromatic rings. The minimum absolute atomic E-state index is 0.0357. The topological polar surface area (TPSA) is 75.5 Å². The third kappa shape index (κ3) is 3.32. The summed E-state index contributed by atoms with van der Waals surface area (Å²) < 4.78 is 5.97. The first-order chi connectivity index (χ1) is 17.6. The summed E-state index contributed by atoms with van der Waals surface area (Å²) in [6, 6.07) is 24.3. The van der Waals surface area contributed by atoms with Gasteiger partial charge in [-0.25, -0.2) is 9.78 Å². The first-order valence-corrected chi connectivity index (χ1v) is 12.7. The van der Waals surface area contributed by atoms with Crippen LogP contribution in [0, 0.1) is 0 Å². The number of fused-ring (bicyclic) bond motifs is 6. The minimum atomic E-state index is -1.09. The van der Waals surface area contributed by atoms with Crippen LogP contribution >= 0.6 is 0 Å². The third-order valence-electron chi connectivity index (χ3n) is 8.24. The molecule has 1 N–H and O–H groups in total. The summed E-state index contributed by atoms with van der Waals surface area (Å²) in [4.78, 5) is 24.5. The van der Waals surface area contributed by atoms with E-state index in [0.29, 0.717) is 25.1 Å². The highest BCUT2D eigenvalue weighted by Crippen LogP contribution is 2.47. The number of piperidine rings is 1. The van der Waals surface area contributed by atoms with Crippen molar-refractivity contribution in [3.05, 3.63) is 95.8 Å². The maximum absolute atomic E-state index is 13.4. The van der Waals surface area contributed by atoms with Gasteiger partial charge in [-0.2, -0.15) is 0 Å². The van der Waals surface area contributed by atoms with Crippen molar-refractivity contribution in [2.75, 3.05) is 6.61 Å². The Bertz CT molecular complexity index is 1430. The zero-order valence-electron chi connectivity index (χ0n) is 19.9. The van der Waals surface area contributed by atoms with Gasteiger partial charge in [-0.3, -0.25) is 4.98 Å². The molecular weight excluding hydrogens is 450 g/mol. The second kappa shape index (κ2) is 8.14. The Balaban J connectivity index is 1.09. The molecule has 2 aliphatic heterocycles. The zero-order chi connectivity index (χ0) is 24.3. The van der Waals surface area contributed by atoms with Crippen molar-refractivity contribution in [3.63, 3.8) is 0 Å². The molecule has 2 fully saturated rings. The van der Waals surface area contributed by atoms with Crippen molar-refractivity contribution in [2.45, 2.75) is 49.3 Å². The molecule has 0 spiro atoms. The van der Waals surface area contributed by atoms with Gasteiger partial charge >= 0.3 is 6.09 Å². The van der Waals surface area contributed by atoms with Gasteiger partial charge in [0.05, 0.1) is 22.9 Å². The first-order valence-electron chi connectivity index (χ1n) is 12.7. The Hall–Kier alpha value is -3.77. The summed E-state index contributed by atoms with van der Waals surface area (Å²) >= 11 is 0. The molecule has 2 unspecified atom stereocenters. The number of carbonyl (C=O) groups excluding carboxylic acids is 1. The van der Waals surface area contributed by atoms with Crippen LogP contribution in [0.4, 0.5) is 4.79 Å². The molecule has 6 nitrogen and oxygen atoms in total. The van der Waals surface area contributed by atoms with E-state index in [9.17, 15) is 9.90 Å². The fraction of sp³-hybridized carbons (Fsp3) is 0.300. The van der Waals surface area contributed by atoms with Gasteiger partial charge in [-0.15, -0.1) is 0 Å². The van der Waals surface area contributed by atoms with Gasteiger partial charge in [-0.05, 0) is 47.2 Å². The molecular formula is C30H27N3O3. The second-order valence-corrected chi connectivity index (χ2v) is 10.3. The van der Waals surface area contributed by atoms with E-state index in [1.165, 1.54) is 22.3 Å². The molecule has 3 aliphatic rings. The molecule has 2 atom stereocenters. The van der Waals surface area contributed by atoms with Crippen LogP contribution < -0.4 is 0 Å². The fourth-order valence-corrected chi connectivity index (χ4v) is 6.58. The molecule has 0 radical (unpaired) electrons. The number of amides is 1. The van der Waals surface area contributed by atoms with Crippen LogP contribution in [0.15, 0.2) is 79.0 Å². The first kappa shape index (κ1) is 21.5. The lowest BCUT2D eigenvalue weighted by atomic mass is 9.83. The maximum atomic E-state index is 13.4. The van der Waals surface area contributed by atoms with E-state index in [-0.39, 0.29) is 24.1 Å². The van der Waals surface area contributed by atoms with Crippen molar-refractivity contribution in [1.29, 1.82) is 0 Å². The predicted octanol–water partition coefficient (Wildman–Crippen LogP) is 5.39. The normalized spacial score (nSPS) is 24.5. The van der Waals surface area contributed by atoms with E-state index in [1.807, 2.05) is 41.3 Å². The summed E-state index contributed by atoms with van der Waals surface area (Å²) in [6.07, 6.45) is 4.01. The number of rotatable bonds is 3. The lowest BCUT2D eigenvalue weighted by Crippen LogP contribution is -2.52. The molecule has 0 saturated carbocycles. The van der Waals surface area contributed by atoms with E-state index >= 15 is 0 Å². The van der Waals surface area contributed by atoms with Crippen LogP contribution in [-0.4, -0.2) is 44.8 Å². The van der Waals surface area contributed by atoms with E-state index < -0.39 is 5.60 Å². The number of ether oxygens (including phenoxy) is 1. The van der Waals surface area contributed by atoms with Gasteiger partial charge in [0.15, 0.2) is 0 Å². The summed E-state index contributed by atoms with van der Waals surface area (Å²) in [5.41, 5.74) is 5.92. The van der Waals surface area contributed by atoms with Crippen LogP contribution in [0.1, 0.15) is 48.4 Å². The summed E-state index contributed by atoms with van der Waals surface area (Å²) in [5.74, 6) is 0.0357. The molecule has 2 bridgehead atoms. The monoisotopic (exact) mass is 477 g/mol. The predicted molar refractivity (Wildman–Crippen MR) is 136 cm³/mol. The summed E-state index contributed by atoms with van der Waals surface area (Å²) in [7, 11) is 0. The Kier molecular flexibility index (Phi) is 4.86. The molecule has 1 aromatic heterocycles. The Morgan fingerprint density at radius 1 is 0.889 bits per heavy atom. The largest absolute Gasteiger partial charge is 0.448 e. The van der Waals surface area contributed by atoms with Crippen molar-refractivity contribution in [3.8, 4) is 11.1 Å². The average molecular weight is 478 g/mol. The zero-order valence-corrected chi connectivity index (χ0v) is 19.9. The van der Waals surface area contributed by atoms with Crippen LogP contribution in [0.25, 0.3) is 22.2 Å². The maximum Gasteiger partial charge on any atom is 0.410 e. The molecule has 180 valence electrons. The molecule has 3 heterocycles. The number of benzene rings is 3. The van der Waals surface area contributed by atoms with Crippen LogP contribution in [0.2, 0.25) is 0 Å². The van der Waals surface area contributed by atoms with Crippen molar-refractivity contribution in [2.24, 2.45) is 0 Å². The van der Waals surface area contributed by atoms with Crippen molar-refractivity contribution in [1.82, 2.24) is 14.9 Å². The Labute approximate surface area is 209 Å². The number of nitrogens with zero attached hydrogens (tertiary/aromatic N) is 3. The number of carbonyl (C=O) groups is 1.